The van der Waals surface area contributed by atoms with E-state index in [1.165, 1.54) is 31.2 Å². The topological polar surface area (TPSA) is 92.3 Å². The van der Waals surface area contributed by atoms with Gasteiger partial charge in [-0.15, -0.1) is 0 Å². The second kappa shape index (κ2) is 8.54. The fourth-order valence-corrected chi connectivity index (χ4v) is 3.62. The van der Waals surface area contributed by atoms with Gasteiger partial charge in [0.15, 0.2) is 5.78 Å². The van der Waals surface area contributed by atoms with Crippen molar-refractivity contribution in [3.05, 3.63) is 57.7 Å². The lowest BCUT2D eigenvalue weighted by atomic mass is 10.2. The molecule has 0 aliphatic rings. The Labute approximate surface area is 160 Å². The summed E-state index contributed by atoms with van der Waals surface area (Å²) in [4.78, 5) is 23.1. The van der Waals surface area contributed by atoms with Crippen molar-refractivity contribution in [1.29, 1.82) is 0 Å². The van der Waals surface area contributed by atoms with E-state index in [2.05, 4.69) is 32.6 Å². The van der Waals surface area contributed by atoms with E-state index in [1.54, 1.807) is 6.07 Å². The highest BCUT2D eigenvalue weighted by molar-refractivity contribution is 14.1. The maximum absolute atomic E-state index is 12.2. The predicted octanol–water partition coefficient (Wildman–Crippen LogP) is 2.80. The van der Waals surface area contributed by atoms with Crippen LogP contribution in [0.15, 0.2) is 53.4 Å². The zero-order valence-corrected chi connectivity index (χ0v) is 16.4. The number of benzene rings is 2. The third-order valence-electron chi connectivity index (χ3n) is 3.32. The highest BCUT2D eigenvalue weighted by Gasteiger charge is 2.14. The summed E-state index contributed by atoms with van der Waals surface area (Å²) < 4.78 is 27.7. The minimum absolute atomic E-state index is 0.0102. The van der Waals surface area contributed by atoms with Crippen molar-refractivity contribution >= 4 is 50.0 Å². The fourth-order valence-electron chi connectivity index (χ4n) is 2.04. The Kier molecular flexibility index (Phi) is 6.68. The first-order valence-corrected chi connectivity index (χ1v) is 10.0. The monoisotopic (exact) mass is 472 g/mol. The van der Waals surface area contributed by atoms with Gasteiger partial charge in [0, 0.05) is 27.8 Å². The molecule has 0 radical (unpaired) electrons. The molecule has 2 N–H and O–H groups in total. The minimum atomic E-state index is -3.72. The van der Waals surface area contributed by atoms with E-state index >= 15 is 0 Å². The van der Waals surface area contributed by atoms with Gasteiger partial charge < -0.3 is 5.32 Å². The molecule has 0 aliphatic heterocycles. The van der Waals surface area contributed by atoms with Crippen LogP contribution in [0, 0.1) is 3.57 Å². The third kappa shape index (κ3) is 5.91. The van der Waals surface area contributed by atoms with Gasteiger partial charge in [-0.3, -0.25) is 9.59 Å². The van der Waals surface area contributed by atoms with Crippen LogP contribution in [0.1, 0.15) is 23.7 Å². The number of sulfonamides is 1. The Bertz CT molecular complexity index is 880. The molecular formula is C17H17IN2O4S. The van der Waals surface area contributed by atoms with Gasteiger partial charge in [-0.05, 0) is 59.8 Å². The third-order valence-corrected chi connectivity index (χ3v) is 5.47. The van der Waals surface area contributed by atoms with Crippen molar-refractivity contribution in [2.24, 2.45) is 0 Å². The number of ketones is 1. The first-order chi connectivity index (χ1) is 11.8. The van der Waals surface area contributed by atoms with Gasteiger partial charge in [0.1, 0.15) is 0 Å². The number of amides is 1. The van der Waals surface area contributed by atoms with Crippen LogP contribution in [-0.2, 0) is 14.8 Å². The van der Waals surface area contributed by atoms with Gasteiger partial charge in [-0.1, -0.05) is 18.2 Å². The zero-order valence-electron chi connectivity index (χ0n) is 13.5. The van der Waals surface area contributed by atoms with Crippen molar-refractivity contribution in [3.8, 4) is 0 Å². The van der Waals surface area contributed by atoms with E-state index in [0.717, 1.165) is 3.57 Å². The summed E-state index contributed by atoms with van der Waals surface area (Å²) in [5.74, 6) is -0.416. The number of nitrogens with one attached hydrogen (secondary N) is 2. The number of halogens is 1. The second-order valence-electron chi connectivity index (χ2n) is 5.29. The van der Waals surface area contributed by atoms with Crippen LogP contribution >= 0.6 is 22.6 Å². The zero-order chi connectivity index (χ0) is 18.4. The summed E-state index contributed by atoms with van der Waals surface area (Å²) in [5, 5.41) is 2.71. The molecule has 0 saturated carbocycles. The molecule has 0 fully saturated rings. The number of hydrogen-bond acceptors (Lipinski definition) is 4. The highest BCUT2D eigenvalue weighted by atomic mass is 127. The molecule has 8 heteroatoms. The smallest absolute Gasteiger partial charge is 0.240 e. The molecule has 0 aliphatic carbocycles. The molecule has 0 saturated heterocycles. The molecule has 2 aromatic rings. The van der Waals surface area contributed by atoms with E-state index in [-0.39, 0.29) is 29.6 Å². The molecule has 25 heavy (non-hydrogen) atoms. The van der Waals surface area contributed by atoms with E-state index in [4.69, 9.17) is 0 Å². The van der Waals surface area contributed by atoms with Gasteiger partial charge in [0.05, 0.1) is 4.90 Å². The molecule has 2 aromatic carbocycles. The molecule has 0 unspecified atom stereocenters. The quantitative estimate of drug-likeness (QED) is 0.479. The lowest BCUT2D eigenvalue weighted by Gasteiger charge is -2.08. The molecule has 2 rings (SSSR count). The van der Waals surface area contributed by atoms with Crippen LogP contribution in [0.25, 0.3) is 0 Å². The van der Waals surface area contributed by atoms with Crippen LogP contribution in [0.3, 0.4) is 0 Å². The molecule has 6 nitrogen and oxygen atoms in total. The number of anilines is 1. The Hall–Kier alpha value is -1.78. The summed E-state index contributed by atoms with van der Waals surface area (Å²) in [7, 11) is -3.72. The number of carbonyl (C=O) groups excluding carboxylic acids is 2. The van der Waals surface area contributed by atoms with Crippen LogP contribution in [0.2, 0.25) is 0 Å². The van der Waals surface area contributed by atoms with Crippen LogP contribution < -0.4 is 10.0 Å². The van der Waals surface area contributed by atoms with Crippen LogP contribution in [0.4, 0.5) is 5.69 Å². The number of rotatable bonds is 7. The molecule has 0 atom stereocenters. The minimum Gasteiger partial charge on any atom is -0.326 e. The van der Waals surface area contributed by atoms with Crippen LogP contribution in [0.5, 0.6) is 0 Å². The Morgan fingerprint density at radius 2 is 1.76 bits per heavy atom. The molecule has 0 spiro atoms. The summed E-state index contributed by atoms with van der Waals surface area (Å²) in [6, 6.07) is 13.0. The summed E-state index contributed by atoms with van der Waals surface area (Å²) in [6.45, 7) is 1.39. The van der Waals surface area contributed by atoms with Gasteiger partial charge >= 0.3 is 0 Å². The molecular weight excluding hydrogens is 455 g/mol. The van der Waals surface area contributed by atoms with Gasteiger partial charge in [-0.2, -0.15) is 0 Å². The number of Topliss-reactive ketones (excluding diaryl/α,β-unsaturated/α-hetero) is 1. The average molecular weight is 472 g/mol. The Balaban J connectivity index is 1.89. The molecule has 0 aromatic heterocycles. The molecule has 0 heterocycles. The maximum Gasteiger partial charge on any atom is 0.240 e. The van der Waals surface area contributed by atoms with E-state index in [1.807, 2.05) is 18.2 Å². The largest absolute Gasteiger partial charge is 0.326 e. The SMILES string of the molecule is CC(=O)c1ccc(S(=O)(=O)NCCC(=O)Nc2cccc(I)c2)cc1. The van der Waals surface area contributed by atoms with E-state index in [9.17, 15) is 18.0 Å². The standard InChI is InChI=1S/C17H17IN2O4S/c1-12(21)13-5-7-16(8-6-13)25(23,24)19-10-9-17(22)20-15-4-2-3-14(18)11-15/h2-8,11,19H,9-10H2,1H3,(H,20,22). The van der Waals surface area contributed by atoms with Crippen molar-refractivity contribution in [3.63, 3.8) is 0 Å². The predicted molar refractivity (Wildman–Crippen MR) is 104 cm³/mol. The summed E-state index contributed by atoms with van der Waals surface area (Å²) in [6.07, 6.45) is 0.0102. The number of hydrogen-bond donors (Lipinski definition) is 2. The molecule has 1 amide bonds. The lowest BCUT2D eigenvalue weighted by molar-refractivity contribution is -0.116. The Morgan fingerprint density at radius 1 is 1.08 bits per heavy atom. The molecule has 0 bridgehead atoms. The normalized spacial score (nSPS) is 11.1. The average Bonchev–Trinajstić information content (AvgIpc) is 2.54. The van der Waals surface area contributed by atoms with Crippen molar-refractivity contribution < 1.29 is 18.0 Å². The van der Waals surface area contributed by atoms with Crippen molar-refractivity contribution in [2.75, 3.05) is 11.9 Å². The van der Waals surface area contributed by atoms with Crippen molar-refractivity contribution in [2.45, 2.75) is 18.2 Å². The summed E-state index contributed by atoms with van der Waals surface area (Å²) in [5.41, 5.74) is 1.11. The van der Waals surface area contributed by atoms with Gasteiger partial charge in [0.25, 0.3) is 0 Å². The maximum atomic E-state index is 12.2. The highest BCUT2D eigenvalue weighted by Crippen LogP contribution is 2.13. The van der Waals surface area contributed by atoms with E-state index < -0.39 is 10.0 Å². The molecule has 132 valence electrons. The number of carbonyl (C=O) groups is 2. The second-order valence-corrected chi connectivity index (χ2v) is 8.30. The first kappa shape index (κ1) is 19.5. The summed E-state index contributed by atoms with van der Waals surface area (Å²) >= 11 is 2.14. The Morgan fingerprint density at radius 3 is 2.36 bits per heavy atom. The van der Waals surface area contributed by atoms with E-state index in [0.29, 0.717) is 11.3 Å². The van der Waals surface area contributed by atoms with Crippen molar-refractivity contribution in [1.82, 2.24) is 4.72 Å². The first-order valence-electron chi connectivity index (χ1n) is 7.44. The lowest BCUT2D eigenvalue weighted by Crippen LogP contribution is -2.27. The van der Waals surface area contributed by atoms with Crippen LogP contribution in [-0.4, -0.2) is 26.7 Å². The fraction of sp³-hybridized carbons (Fsp3) is 0.176. The van der Waals surface area contributed by atoms with Gasteiger partial charge in [-0.25, -0.2) is 13.1 Å². The van der Waals surface area contributed by atoms with Gasteiger partial charge in [0.2, 0.25) is 15.9 Å².